The Kier molecular flexibility index (Phi) is 4.48. The third-order valence-electron chi connectivity index (χ3n) is 4.13. The molecule has 1 heterocycles. The molecule has 0 saturated heterocycles. The Morgan fingerprint density at radius 1 is 1.32 bits per heavy atom. The van der Waals surface area contributed by atoms with Gasteiger partial charge in [-0.25, -0.2) is 0 Å². The highest BCUT2D eigenvalue weighted by molar-refractivity contribution is 5.91. The molecule has 1 amide bonds. The van der Waals surface area contributed by atoms with E-state index >= 15 is 0 Å². The van der Waals surface area contributed by atoms with Crippen molar-refractivity contribution in [3.05, 3.63) is 42.2 Å². The van der Waals surface area contributed by atoms with Gasteiger partial charge in [0, 0.05) is 6.54 Å². The van der Waals surface area contributed by atoms with Crippen LogP contribution in [0.4, 0.5) is 0 Å². The zero-order valence-corrected chi connectivity index (χ0v) is 12.4. The lowest BCUT2D eigenvalue weighted by molar-refractivity contribution is 0.0836. The number of hydrogen-bond donors (Lipinski definition) is 2. The second-order valence-electron chi connectivity index (χ2n) is 5.68. The molecule has 0 radical (unpaired) electrons. The van der Waals surface area contributed by atoms with Crippen molar-refractivity contribution in [2.75, 3.05) is 6.54 Å². The fourth-order valence-corrected chi connectivity index (χ4v) is 2.85. The molecule has 1 aromatic heterocycles. The van der Waals surface area contributed by atoms with E-state index in [0.717, 1.165) is 18.5 Å². The quantitative estimate of drug-likeness (QED) is 0.878. The fraction of sp³-hybridized carbons (Fsp3) is 0.438. The van der Waals surface area contributed by atoms with Gasteiger partial charge in [0.1, 0.15) is 0 Å². The van der Waals surface area contributed by atoms with Crippen LogP contribution in [0.5, 0.6) is 0 Å². The topological polar surface area (TPSA) is 80.0 Å². The van der Waals surface area contributed by atoms with E-state index in [1.54, 1.807) is 0 Å². The van der Waals surface area contributed by atoms with Crippen molar-refractivity contribution in [1.82, 2.24) is 20.3 Å². The molecule has 3 rings (SSSR count). The van der Waals surface area contributed by atoms with Crippen molar-refractivity contribution in [2.24, 2.45) is 5.92 Å². The van der Waals surface area contributed by atoms with Crippen molar-refractivity contribution in [3.8, 4) is 5.69 Å². The first-order valence-corrected chi connectivity index (χ1v) is 7.68. The van der Waals surface area contributed by atoms with Crippen molar-refractivity contribution >= 4 is 5.91 Å². The highest BCUT2D eigenvalue weighted by Crippen LogP contribution is 2.27. The molecule has 6 nitrogen and oxygen atoms in total. The second kappa shape index (κ2) is 6.70. The Balaban J connectivity index is 1.57. The van der Waals surface area contributed by atoms with E-state index < -0.39 is 6.10 Å². The molecule has 1 fully saturated rings. The van der Waals surface area contributed by atoms with E-state index in [0.29, 0.717) is 5.92 Å². The van der Waals surface area contributed by atoms with Crippen molar-refractivity contribution in [3.63, 3.8) is 0 Å². The number of rotatable bonds is 5. The number of hydrogen-bond acceptors (Lipinski definition) is 4. The van der Waals surface area contributed by atoms with Gasteiger partial charge in [0.25, 0.3) is 5.91 Å². The maximum absolute atomic E-state index is 12.1. The molecule has 1 saturated carbocycles. The summed E-state index contributed by atoms with van der Waals surface area (Å²) in [5, 5.41) is 21.1. The summed E-state index contributed by atoms with van der Waals surface area (Å²) in [7, 11) is 0. The van der Waals surface area contributed by atoms with Crippen molar-refractivity contribution < 1.29 is 9.90 Å². The number of carbonyl (C=O) groups excluding carboxylic acids is 1. The SMILES string of the molecule is O=C(NCC(O)C1CCCC1)c1cnn(-c2ccccc2)n1. The van der Waals surface area contributed by atoms with Crippen LogP contribution < -0.4 is 5.32 Å². The Bertz CT molecular complexity index is 620. The van der Waals surface area contributed by atoms with Crippen LogP contribution in [-0.2, 0) is 0 Å². The zero-order chi connectivity index (χ0) is 15.4. The number of nitrogens with one attached hydrogen (secondary N) is 1. The normalized spacial score (nSPS) is 16.6. The molecule has 6 heteroatoms. The molecule has 1 aromatic carbocycles. The Hall–Kier alpha value is -2.21. The number of carbonyl (C=O) groups is 1. The van der Waals surface area contributed by atoms with E-state index in [9.17, 15) is 9.90 Å². The standard InChI is InChI=1S/C16H20N4O2/c21-15(12-6-4-5-7-12)11-17-16(22)14-10-18-20(19-14)13-8-2-1-3-9-13/h1-3,8-10,12,15,21H,4-7,11H2,(H,17,22). The maximum atomic E-state index is 12.1. The predicted molar refractivity (Wildman–Crippen MR) is 81.7 cm³/mol. The lowest BCUT2D eigenvalue weighted by atomic mass is 10.0. The molecule has 116 valence electrons. The van der Waals surface area contributed by atoms with Gasteiger partial charge in [0.2, 0.25) is 0 Å². The second-order valence-corrected chi connectivity index (χ2v) is 5.68. The smallest absolute Gasteiger partial charge is 0.273 e. The number of aliphatic hydroxyl groups excluding tert-OH is 1. The highest BCUT2D eigenvalue weighted by Gasteiger charge is 2.23. The Morgan fingerprint density at radius 3 is 2.77 bits per heavy atom. The molecule has 1 atom stereocenters. The van der Waals surface area contributed by atoms with Gasteiger partial charge in [-0.1, -0.05) is 31.0 Å². The van der Waals surface area contributed by atoms with Crippen LogP contribution >= 0.6 is 0 Å². The summed E-state index contributed by atoms with van der Waals surface area (Å²) < 4.78 is 0. The number of nitrogens with zero attached hydrogens (tertiary/aromatic N) is 3. The van der Waals surface area contributed by atoms with Gasteiger partial charge < -0.3 is 10.4 Å². The molecular weight excluding hydrogens is 280 g/mol. The lowest BCUT2D eigenvalue weighted by Gasteiger charge is -2.17. The van der Waals surface area contributed by atoms with E-state index in [-0.39, 0.29) is 18.1 Å². The van der Waals surface area contributed by atoms with Crippen LogP contribution in [0.15, 0.2) is 36.5 Å². The number of amides is 1. The molecule has 1 aliphatic rings. The first kappa shape index (κ1) is 14.7. The van der Waals surface area contributed by atoms with Gasteiger partial charge >= 0.3 is 0 Å². The van der Waals surface area contributed by atoms with Gasteiger partial charge in [-0.05, 0) is 30.9 Å². The predicted octanol–water partition coefficient (Wildman–Crippen LogP) is 1.55. The Morgan fingerprint density at radius 2 is 2.05 bits per heavy atom. The third-order valence-corrected chi connectivity index (χ3v) is 4.13. The van der Waals surface area contributed by atoms with Crippen molar-refractivity contribution in [2.45, 2.75) is 31.8 Å². The van der Waals surface area contributed by atoms with E-state index in [2.05, 4.69) is 15.5 Å². The third kappa shape index (κ3) is 3.33. The molecule has 1 unspecified atom stereocenters. The minimum Gasteiger partial charge on any atom is -0.391 e. The summed E-state index contributed by atoms with van der Waals surface area (Å²) in [6, 6.07) is 9.41. The first-order valence-electron chi connectivity index (χ1n) is 7.68. The fourth-order valence-electron chi connectivity index (χ4n) is 2.85. The van der Waals surface area contributed by atoms with Crippen LogP contribution in [0, 0.1) is 5.92 Å². The monoisotopic (exact) mass is 300 g/mol. The van der Waals surface area contributed by atoms with Gasteiger partial charge in [-0.3, -0.25) is 4.79 Å². The minimum atomic E-state index is -0.476. The molecule has 1 aliphatic carbocycles. The van der Waals surface area contributed by atoms with Crippen molar-refractivity contribution in [1.29, 1.82) is 0 Å². The van der Waals surface area contributed by atoms with Gasteiger partial charge in [-0.2, -0.15) is 9.90 Å². The molecule has 0 bridgehead atoms. The van der Waals surface area contributed by atoms with Gasteiger partial charge in [0.05, 0.1) is 18.0 Å². The maximum Gasteiger partial charge on any atom is 0.273 e. The van der Waals surface area contributed by atoms with E-state index in [1.807, 2.05) is 30.3 Å². The summed E-state index contributed by atoms with van der Waals surface area (Å²) >= 11 is 0. The average Bonchev–Trinajstić information content (AvgIpc) is 3.24. The summed E-state index contributed by atoms with van der Waals surface area (Å²) in [6.45, 7) is 0.266. The van der Waals surface area contributed by atoms with Gasteiger partial charge in [-0.15, -0.1) is 5.10 Å². The van der Waals surface area contributed by atoms with Crippen LogP contribution in [0.3, 0.4) is 0 Å². The largest absolute Gasteiger partial charge is 0.391 e. The van der Waals surface area contributed by atoms with Crippen LogP contribution in [0.25, 0.3) is 5.69 Å². The first-order chi connectivity index (χ1) is 10.7. The molecule has 2 N–H and O–H groups in total. The average molecular weight is 300 g/mol. The number of benzene rings is 1. The molecule has 2 aromatic rings. The number of para-hydroxylation sites is 1. The minimum absolute atomic E-state index is 0.252. The van der Waals surface area contributed by atoms with E-state index in [4.69, 9.17) is 0 Å². The Labute approximate surface area is 129 Å². The lowest BCUT2D eigenvalue weighted by Crippen LogP contribution is -2.35. The van der Waals surface area contributed by atoms with Crippen LogP contribution in [0.2, 0.25) is 0 Å². The van der Waals surface area contributed by atoms with Crippen LogP contribution in [-0.4, -0.2) is 38.7 Å². The number of aromatic nitrogens is 3. The molecule has 0 aliphatic heterocycles. The molecular formula is C16H20N4O2. The highest BCUT2D eigenvalue weighted by atomic mass is 16.3. The summed E-state index contributed by atoms with van der Waals surface area (Å²) in [6.07, 6.45) is 5.38. The van der Waals surface area contributed by atoms with Gasteiger partial charge in [0.15, 0.2) is 5.69 Å². The summed E-state index contributed by atoms with van der Waals surface area (Å²) in [4.78, 5) is 13.5. The number of aliphatic hydroxyl groups is 1. The molecule has 22 heavy (non-hydrogen) atoms. The van der Waals surface area contributed by atoms with E-state index in [1.165, 1.54) is 23.8 Å². The molecule has 0 spiro atoms. The summed E-state index contributed by atoms with van der Waals surface area (Å²) in [5.74, 6) is -0.000436. The summed E-state index contributed by atoms with van der Waals surface area (Å²) in [5.41, 5.74) is 1.05. The zero-order valence-electron chi connectivity index (χ0n) is 12.4. The van der Waals surface area contributed by atoms with Crippen LogP contribution in [0.1, 0.15) is 36.2 Å².